The van der Waals surface area contributed by atoms with Crippen molar-refractivity contribution in [1.29, 1.82) is 0 Å². The van der Waals surface area contributed by atoms with E-state index in [2.05, 4.69) is 18.7 Å². The maximum Gasteiger partial charge on any atom is 1.00 e. The smallest absolute Gasteiger partial charge is 0.548 e. The van der Waals surface area contributed by atoms with Crippen molar-refractivity contribution in [3.8, 4) is 0 Å². The number of carboxylic acids is 1. The summed E-state index contributed by atoms with van der Waals surface area (Å²) >= 11 is 0. The van der Waals surface area contributed by atoms with Gasteiger partial charge in [0.25, 0.3) is 0 Å². The van der Waals surface area contributed by atoms with Crippen LogP contribution < -0.4 is 34.7 Å². The van der Waals surface area contributed by atoms with E-state index in [-0.39, 0.29) is 29.6 Å². The molecule has 0 bridgehead atoms. The van der Waals surface area contributed by atoms with Crippen LogP contribution in [0, 0.1) is 0 Å². The first-order valence-electron chi connectivity index (χ1n) is 21.1. The molecule has 3 nitrogen and oxygen atoms in total. The molecule has 0 saturated heterocycles. The van der Waals surface area contributed by atoms with Gasteiger partial charge >= 0.3 is 29.6 Å². The molecule has 0 radical (unpaired) electrons. The van der Waals surface area contributed by atoms with Crippen LogP contribution in [-0.4, -0.2) is 30.0 Å². The Morgan fingerprint density at radius 2 is 0.587 bits per heavy atom. The molecule has 1 unspecified atom stereocenters. The summed E-state index contributed by atoms with van der Waals surface area (Å²) in [7, 11) is 0. The molecule has 0 spiro atoms. The maximum atomic E-state index is 11.8. The average Bonchev–Trinajstić information content (AvgIpc) is 3.03. The average molecular weight is 658 g/mol. The Balaban J connectivity index is 0. The summed E-state index contributed by atoms with van der Waals surface area (Å²) < 4.78 is 0. The van der Waals surface area contributed by atoms with Crippen LogP contribution >= 0.6 is 0 Å². The number of carbonyl (C=O) groups is 1. The van der Waals surface area contributed by atoms with E-state index in [4.69, 9.17) is 0 Å². The zero-order chi connectivity index (χ0) is 32.9. The standard InChI is InChI=1S/C42H85NO2.Na/c1-4-7-9-11-13-15-17-19-21-23-25-27-29-31-33-35-37-39-43(41(6-3)42(44)45)40-38-36-34-32-30-28-26-24-22-20-18-16-14-12-10-8-5-2;/h41H,4-40H2,1-3H3,(H,44,45);/q;+1/p-1. The monoisotopic (exact) mass is 658 g/mol. The number of nitrogens with zero attached hydrogens (tertiary/aromatic N) is 1. The zero-order valence-electron chi connectivity index (χ0n) is 32.5. The van der Waals surface area contributed by atoms with Crippen LogP contribution in [0.2, 0.25) is 0 Å². The molecule has 0 amide bonds. The molecular formula is C42H84NNaO2. The summed E-state index contributed by atoms with van der Waals surface area (Å²) in [5, 5.41) is 11.8. The molecule has 0 fully saturated rings. The van der Waals surface area contributed by atoms with E-state index in [0.29, 0.717) is 6.42 Å². The molecule has 0 aromatic heterocycles. The normalized spacial score (nSPS) is 12.1. The number of carboxylic acid groups (broad SMARTS) is 1. The fraction of sp³-hybridized carbons (Fsp3) is 0.976. The Morgan fingerprint density at radius 3 is 0.761 bits per heavy atom. The van der Waals surface area contributed by atoms with Crippen LogP contribution in [0.1, 0.15) is 245 Å². The van der Waals surface area contributed by atoms with Crippen LogP contribution in [0.25, 0.3) is 0 Å². The van der Waals surface area contributed by atoms with Gasteiger partial charge in [-0.1, -0.05) is 226 Å². The minimum Gasteiger partial charge on any atom is -0.548 e. The summed E-state index contributed by atoms with van der Waals surface area (Å²) in [5.74, 6) is -0.878. The van der Waals surface area contributed by atoms with E-state index >= 15 is 0 Å². The van der Waals surface area contributed by atoms with Crippen molar-refractivity contribution in [2.24, 2.45) is 0 Å². The van der Waals surface area contributed by atoms with Gasteiger partial charge in [0.2, 0.25) is 0 Å². The van der Waals surface area contributed by atoms with Gasteiger partial charge in [0.1, 0.15) is 0 Å². The van der Waals surface area contributed by atoms with E-state index in [9.17, 15) is 9.90 Å². The van der Waals surface area contributed by atoms with Gasteiger partial charge in [-0.15, -0.1) is 0 Å². The van der Waals surface area contributed by atoms with E-state index in [1.807, 2.05) is 6.92 Å². The fourth-order valence-corrected chi connectivity index (χ4v) is 7.08. The van der Waals surface area contributed by atoms with Crippen LogP contribution in [0.5, 0.6) is 0 Å². The van der Waals surface area contributed by atoms with Crippen LogP contribution in [0.4, 0.5) is 0 Å². The molecule has 0 aromatic rings. The van der Waals surface area contributed by atoms with E-state index < -0.39 is 12.0 Å². The number of carbonyl (C=O) groups excluding carboxylic acids is 1. The molecule has 270 valence electrons. The van der Waals surface area contributed by atoms with Gasteiger partial charge in [0.05, 0.1) is 5.97 Å². The molecule has 46 heavy (non-hydrogen) atoms. The van der Waals surface area contributed by atoms with Crippen molar-refractivity contribution < 1.29 is 39.5 Å². The van der Waals surface area contributed by atoms with Gasteiger partial charge in [0, 0.05) is 6.04 Å². The second kappa shape index (κ2) is 41.6. The Bertz CT molecular complexity index is 534. The van der Waals surface area contributed by atoms with Crippen LogP contribution in [0.3, 0.4) is 0 Å². The third-order valence-corrected chi connectivity index (χ3v) is 10.2. The Morgan fingerprint density at radius 1 is 0.391 bits per heavy atom. The zero-order valence-corrected chi connectivity index (χ0v) is 34.5. The maximum absolute atomic E-state index is 11.8. The predicted molar refractivity (Wildman–Crippen MR) is 199 cm³/mol. The predicted octanol–water partition coefficient (Wildman–Crippen LogP) is 10.1. The first kappa shape index (κ1) is 48.5. The third kappa shape index (κ3) is 35.7. The Labute approximate surface area is 313 Å². The first-order chi connectivity index (χ1) is 22.2. The van der Waals surface area contributed by atoms with Crippen LogP contribution in [-0.2, 0) is 4.79 Å². The van der Waals surface area contributed by atoms with Crippen LogP contribution in [0.15, 0.2) is 0 Å². The van der Waals surface area contributed by atoms with Gasteiger partial charge in [-0.3, -0.25) is 4.90 Å². The quantitative estimate of drug-likeness (QED) is 0.0488. The van der Waals surface area contributed by atoms with Crippen molar-refractivity contribution >= 4 is 5.97 Å². The number of hydrogen-bond donors (Lipinski definition) is 0. The first-order valence-corrected chi connectivity index (χ1v) is 21.1. The second-order valence-electron chi connectivity index (χ2n) is 14.6. The van der Waals surface area contributed by atoms with Gasteiger partial charge in [-0.2, -0.15) is 0 Å². The molecule has 0 aliphatic carbocycles. The van der Waals surface area contributed by atoms with E-state index in [1.54, 1.807) is 0 Å². The molecule has 0 heterocycles. The molecule has 0 aliphatic rings. The Kier molecular flexibility index (Phi) is 43.9. The van der Waals surface area contributed by atoms with Crippen molar-refractivity contribution in [2.75, 3.05) is 13.1 Å². The van der Waals surface area contributed by atoms with Gasteiger partial charge < -0.3 is 9.90 Å². The van der Waals surface area contributed by atoms with Gasteiger partial charge in [-0.05, 0) is 32.4 Å². The van der Waals surface area contributed by atoms with E-state index in [0.717, 1.165) is 25.9 Å². The summed E-state index contributed by atoms with van der Waals surface area (Å²) in [4.78, 5) is 14.0. The third-order valence-electron chi connectivity index (χ3n) is 10.2. The van der Waals surface area contributed by atoms with E-state index in [1.165, 1.54) is 205 Å². The van der Waals surface area contributed by atoms with Crippen molar-refractivity contribution in [3.63, 3.8) is 0 Å². The largest absolute Gasteiger partial charge is 1.00 e. The molecular weight excluding hydrogens is 573 g/mol. The topological polar surface area (TPSA) is 43.4 Å². The summed E-state index contributed by atoms with van der Waals surface area (Å²) in [6, 6.07) is -0.410. The summed E-state index contributed by atoms with van der Waals surface area (Å²) in [5.41, 5.74) is 0. The number of hydrogen-bond acceptors (Lipinski definition) is 3. The summed E-state index contributed by atoms with van der Waals surface area (Å²) in [6.45, 7) is 8.42. The van der Waals surface area contributed by atoms with Gasteiger partial charge in [0.15, 0.2) is 0 Å². The molecule has 0 rings (SSSR count). The number of aliphatic carboxylic acids is 1. The van der Waals surface area contributed by atoms with Crippen molar-refractivity contribution in [1.82, 2.24) is 4.90 Å². The van der Waals surface area contributed by atoms with Gasteiger partial charge in [-0.25, -0.2) is 0 Å². The molecule has 0 saturated carbocycles. The van der Waals surface area contributed by atoms with Crippen molar-refractivity contribution in [3.05, 3.63) is 0 Å². The molecule has 0 N–H and O–H groups in total. The second-order valence-corrected chi connectivity index (χ2v) is 14.6. The molecule has 0 aromatic carbocycles. The minimum absolute atomic E-state index is 0. The minimum atomic E-state index is -0.878. The SMILES string of the molecule is CCCCCCCCCCCCCCCCCCCN(CCCCCCCCCCCCCCCCCCC)C(CC)C(=O)[O-].[Na+]. The Hall–Kier alpha value is 0.430. The molecule has 1 atom stereocenters. The molecule has 0 aliphatic heterocycles. The number of unbranched alkanes of at least 4 members (excludes halogenated alkanes) is 32. The van der Waals surface area contributed by atoms with Crippen molar-refractivity contribution in [2.45, 2.75) is 252 Å². The number of rotatable bonds is 39. The summed E-state index contributed by atoms with van der Waals surface area (Å²) in [6.07, 6.45) is 47.6. The molecule has 4 heteroatoms. The fourth-order valence-electron chi connectivity index (χ4n) is 7.08.